The maximum atomic E-state index is 13.5. The number of nitrogen functional groups attached to an aromatic ring is 1. The van der Waals surface area contributed by atoms with Crippen LogP contribution in [0.4, 0.5) is 14.6 Å². The summed E-state index contributed by atoms with van der Waals surface area (Å²) in [7, 11) is 1.60. The molecule has 3 aromatic rings. The fourth-order valence-corrected chi connectivity index (χ4v) is 3.96. The van der Waals surface area contributed by atoms with E-state index in [-0.39, 0.29) is 29.3 Å². The number of rotatable bonds is 6. The van der Waals surface area contributed by atoms with Crippen LogP contribution >= 0.6 is 0 Å². The molecule has 10 heteroatoms. The number of aryl methyl sites for hydroxylation is 2. The zero-order valence-electron chi connectivity index (χ0n) is 16.6. The zero-order chi connectivity index (χ0) is 21.4. The van der Waals surface area contributed by atoms with Gasteiger partial charge in [-0.15, -0.1) is 0 Å². The quantitative estimate of drug-likeness (QED) is 0.638. The van der Waals surface area contributed by atoms with Crippen molar-refractivity contribution in [2.45, 2.75) is 32.2 Å². The first-order chi connectivity index (χ1) is 14.5. The Morgan fingerprint density at radius 1 is 1.40 bits per heavy atom. The Bertz CT molecular complexity index is 1150. The van der Waals surface area contributed by atoms with E-state index < -0.39 is 12.1 Å². The molecule has 1 aromatic carbocycles. The molecular formula is C20H21F2N7O. The molecule has 0 atom stereocenters. The number of nitrogens with one attached hydrogen (secondary N) is 1. The number of hydrogen-bond acceptors (Lipinski definition) is 7. The lowest BCUT2D eigenvalue weighted by Gasteiger charge is -2.31. The summed E-state index contributed by atoms with van der Waals surface area (Å²) in [4.78, 5) is 7.91. The number of alkyl halides is 2. The molecule has 3 N–H and O–H groups in total. The molecule has 0 spiro atoms. The van der Waals surface area contributed by atoms with Gasteiger partial charge in [0, 0.05) is 31.1 Å². The van der Waals surface area contributed by atoms with Gasteiger partial charge in [-0.3, -0.25) is 0 Å². The maximum Gasteiger partial charge on any atom is 0.282 e. The van der Waals surface area contributed by atoms with Gasteiger partial charge in [-0.05, 0) is 30.5 Å². The van der Waals surface area contributed by atoms with Crippen molar-refractivity contribution in [1.29, 1.82) is 5.26 Å². The molecule has 30 heavy (non-hydrogen) atoms. The molecule has 1 aliphatic heterocycles. The minimum absolute atomic E-state index is 0.0268. The number of ether oxygens (including phenoxy) is 1. The third-order valence-corrected chi connectivity index (χ3v) is 5.56. The number of nitriles is 1. The molecule has 0 amide bonds. The molecule has 0 bridgehead atoms. The van der Waals surface area contributed by atoms with Gasteiger partial charge in [0.1, 0.15) is 23.6 Å². The van der Waals surface area contributed by atoms with Crippen molar-refractivity contribution in [3.05, 3.63) is 40.3 Å². The lowest BCUT2D eigenvalue weighted by Crippen LogP contribution is -2.40. The number of fused-ring (bicyclic) bond motifs is 1. The smallest absolute Gasteiger partial charge is 0.282 e. The molecule has 1 aliphatic rings. The Balaban J connectivity index is 1.74. The Morgan fingerprint density at radius 3 is 2.77 bits per heavy atom. The maximum absolute atomic E-state index is 13.5. The van der Waals surface area contributed by atoms with E-state index in [2.05, 4.69) is 26.5 Å². The van der Waals surface area contributed by atoms with Crippen LogP contribution in [0.25, 0.3) is 11.0 Å². The van der Waals surface area contributed by atoms with E-state index in [9.17, 15) is 14.0 Å². The number of anilines is 1. The van der Waals surface area contributed by atoms with Gasteiger partial charge in [-0.1, -0.05) is 0 Å². The summed E-state index contributed by atoms with van der Waals surface area (Å²) in [5.74, 6) is 0.981. The van der Waals surface area contributed by atoms with Crippen LogP contribution in [-0.4, -0.2) is 39.9 Å². The van der Waals surface area contributed by atoms with Gasteiger partial charge >= 0.3 is 0 Å². The average molecular weight is 413 g/mol. The summed E-state index contributed by atoms with van der Waals surface area (Å²) < 4.78 is 34.0. The monoisotopic (exact) mass is 413 g/mol. The van der Waals surface area contributed by atoms with E-state index in [0.717, 1.165) is 35.5 Å². The van der Waals surface area contributed by atoms with Crippen molar-refractivity contribution in [2.75, 3.05) is 25.9 Å². The average Bonchev–Trinajstić information content (AvgIpc) is 3.07. The number of nitrogens with two attached hydrogens (primary N) is 1. The highest BCUT2D eigenvalue weighted by molar-refractivity contribution is 5.88. The van der Waals surface area contributed by atoms with Crippen molar-refractivity contribution in [1.82, 2.24) is 25.1 Å². The first-order valence-corrected chi connectivity index (χ1v) is 9.52. The standard InChI is InChI=1S/C20H21F2N7O/c1-10-12(6-23)5-11(17(30-2)14(10)13-7-25-8-13)3-4-29-20-15(16(28-29)18(21)22)19(24)26-9-27-20/h5,9,13,18,25H,3-4,7-8H2,1-2H3,(H2,24,26,27). The summed E-state index contributed by atoms with van der Waals surface area (Å²) in [6.45, 7) is 3.84. The first kappa shape index (κ1) is 20.0. The van der Waals surface area contributed by atoms with Gasteiger partial charge in [-0.2, -0.15) is 10.4 Å². The number of nitrogens with zero attached hydrogens (tertiary/aromatic N) is 5. The van der Waals surface area contributed by atoms with Gasteiger partial charge in [0.2, 0.25) is 0 Å². The molecule has 0 radical (unpaired) electrons. The van der Waals surface area contributed by atoms with Crippen molar-refractivity contribution < 1.29 is 13.5 Å². The fraction of sp³-hybridized carbons (Fsp3) is 0.400. The van der Waals surface area contributed by atoms with Gasteiger partial charge < -0.3 is 15.8 Å². The van der Waals surface area contributed by atoms with Crippen LogP contribution in [-0.2, 0) is 13.0 Å². The van der Waals surface area contributed by atoms with E-state index >= 15 is 0 Å². The van der Waals surface area contributed by atoms with Crippen LogP contribution in [0.3, 0.4) is 0 Å². The number of hydrogen-bond donors (Lipinski definition) is 2. The van der Waals surface area contributed by atoms with Crippen LogP contribution in [0, 0.1) is 18.3 Å². The van der Waals surface area contributed by atoms with Crippen molar-refractivity contribution in [3.8, 4) is 11.8 Å². The molecule has 2 aromatic heterocycles. The van der Waals surface area contributed by atoms with Gasteiger partial charge in [0.15, 0.2) is 5.65 Å². The third kappa shape index (κ3) is 3.21. The molecule has 3 heterocycles. The molecule has 0 unspecified atom stereocenters. The minimum atomic E-state index is -2.79. The Morgan fingerprint density at radius 2 is 2.17 bits per heavy atom. The summed E-state index contributed by atoms with van der Waals surface area (Å²) in [6.07, 6.45) is -1.14. The number of benzene rings is 1. The van der Waals surface area contributed by atoms with Crippen molar-refractivity contribution in [2.24, 2.45) is 0 Å². The predicted octanol–water partition coefficient (Wildman–Crippen LogP) is 2.46. The summed E-state index contributed by atoms with van der Waals surface area (Å²) in [6, 6.07) is 4.05. The van der Waals surface area contributed by atoms with Gasteiger partial charge in [0.25, 0.3) is 6.43 Å². The van der Waals surface area contributed by atoms with Crippen LogP contribution < -0.4 is 15.8 Å². The second-order valence-electron chi connectivity index (χ2n) is 7.24. The van der Waals surface area contributed by atoms with E-state index in [1.165, 1.54) is 11.0 Å². The number of aromatic nitrogens is 4. The van der Waals surface area contributed by atoms with Gasteiger partial charge in [0.05, 0.1) is 24.1 Å². The van der Waals surface area contributed by atoms with Crippen LogP contribution in [0.2, 0.25) is 0 Å². The highest BCUT2D eigenvalue weighted by atomic mass is 19.3. The molecule has 156 valence electrons. The summed E-state index contributed by atoms with van der Waals surface area (Å²) in [5, 5.41) is 16.9. The molecular weight excluding hydrogens is 392 g/mol. The van der Waals surface area contributed by atoms with Crippen LogP contribution in [0.1, 0.15) is 40.3 Å². The zero-order valence-corrected chi connectivity index (χ0v) is 16.6. The normalized spacial score (nSPS) is 14.1. The van der Waals surface area contributed by atoms with E-state index in [0.29, 0.717) is 12.0 Å². The van der Waals surface area contributed by atoms with E-state index in [1.54, 1.807) is 13.2 Å². The number of methoxy groups -OCH3 is 1. The van der Waals surface area contributed by atoms with Crippen LogP contribution in [0.5, 0.6) is 5.75 Å². The molecule has 8 nitrogen and oxygen atoms in total. The highest BCUT2D eigenvalue weighted by Crippen LogP contribution is 2.37. The first-order valence-electron chi connectivity index (χ1n) is 9.52. The molecule has 4 rings (SSSR count). The van der Waals surface area contributed by atoms with Gasteiger partial charge in [-0.25, -0.2) is 23.4 Å². The molecule has 1 saturated heterocycles. The highest BCUT2D eigenvalue weighted by Gasteiger charge is 2.28. The second-order valence-corrected chi connectivity index (χ2v) is 7.24. The molecule has 0 aliphatic carbocycles. The lowest BCUT2D eigenvalue weighted by atomic mass is 9.85. The second kappa shape index (κ2) is 7.84. The lowest BCUT2D eigenvalue weighted by molar-refractivity contribution is 0.146. The Kier molecular flexibility index (Phi) is 5.22. The number of halogens is 2. The Hall–Kier alpha value is -3.32. The minimum Gasteiger partial charge on any atom is -0.496 e. The van der Waals surface area contributed by atoms with E-state index in [1.807, 2.05) is 6.92 Å². The fourth-order valence-electron chi connectivity index (χ4n) is 3.96. The van der Waals surface area contributed by atoms with Crippen molar-refractivity contribution in [3.63, 3.8) is 0 Å². The van der Waals surface area contributed by atoms with Crippen LogP contribution in [0.15, 0.2) is 12.4 Å². The molecule has 0 saturated carbocycles. The van der Waals surface area contributed by atoms with E-state index in [4.69, 9.17) is 10.5 Å². The largest absolute Gasteiger partial charge is 0.496 e. The third-order valence-electron chi connectivity index (χ3n) is 5.56. The Labute approximate surface area is 171 Å². The SMILES string of the molecule is COc1c(CCn2nc(C(F)F)c3c(N)ncnc32)cc(C#N)c(C)c1C1CNC1. The summed E-state index contributed by atoms with van der Waals surface area (Å²) in [5.41, 5.74) is 8.96. The summed E-state index contributed by atoms with van der Waals surface area (Å²) >= 11 is 0. The topological polar surface area (TPSA) is 115 Å². The van der Waals surface area contributed by atoms with Crippen molar-refractivity contribution >= 4 is 16.9 Å². The molecule has 1 fully saturated rings. The predicted molar refractivity (Wildman–Crippen MR) is 106 cm³/mol.